The number of rotatable bonds is 11. The average Bonchev–Trinajstić information content (AvgIpc) is 2.80. The average molecular weight is 556 g/mol. The van der Waals surface area contributed by atoms with E-state index in [4.69, 9.17) is 13.7 Å². The smallest absolute Gasteiger partial charge is 0.338 e. The van der Waals surface area contributed by atoms with Crippen LogP contribution in [0.3, 0.4) is 0 Å². The summed E-state index contributed by atoms with van der Waals surface area (Å²) in [5.74, 6) is -0.646. The van der Waals surface area contributed by atoms with Crippen LogP contribution >= 0.6 is 8.92 Å². The van der Waals surface area contributed by atoms with Crippen LogP contribution in [0.15, 0.2) is 54.6 Å². The van der Waals surface area contributed by atoms with E-state index in [9.17, 15) is 20.0 Å². The van der Waals surface area contributed by atoms with Gasteiger partial charge in [0, 0.05) is 12.1 Å². The molecular formula is C23H31ClNO5Sn. The molecular weight excluding hydrogens is 524 g/mol. The monoisotopic (exact) mass is 556 g/mol. The van der Waals surface area contributed by atoms with Crippen molar-refractivity contribution in [2.24, 2.45) is 0 Å². The quantitative estimate of drug-likeness (QED) is 0.152. The molecule has 0 aliphatic carbocycles. The van der Waals surface area contributed by atoms with Gasteiger partial charge in [-0.25, -0.2) is 4.79 Å². The molecule has 0 saturated heterocycles. The SMILES string of the molecule is CCC[CH2][Sn]([Cl])[CH2]CCC.O=C(OC(CO)c1ccccc1)c1ccc([N+](=O)[O-])cc1. The van der Waals surface area contributed by atoms with E-state index in [2.05, 4.69) is 13.8 Å². The summed E-state index contributed by atoms with van der Waals surface area (Å²) < 4.78 is 8.02. The Balaban J connectivity index is 0.000000407. The maximum atomic E-state index is 12.0. The Morgan fingerprint density at radius 2 is 1.61 bits per heavy atom. The number of hydrogen-bond donors (Lipinski definition) is 1. The number of carbonyl (C=O) groups excluding carboxylic acids is 1. The van der Waals surface area contributed by atoms with E-state index in [1.165, 1.54) is 58.8 Å². The molecule has 0 aromatic heterocycles. The fourth-order valence-corrected chi connectivity index (χ4v) is 9.37. The Morgan fingerprint density at radius 3 is 2.06 bits per heavy atom. The summed E-state index contributed by atoms with van der Waals surface area (Å²) >= 11 is -1.27. The zero-order chi connectivity index (χ0) is 23.1. The summed E-state index contributed by atoms with van der Waals surface area (Å²) in [5.41, 5.74) is 0.763. The van der Waals surface area contributed by atoms with Gasteiger partial charge in [-0.15, -0.1) is 0 Å². The largest absolute Gasteiger partial charge is 0.451 e. The molecule has 0 heterocycles. The van der Waals surface area contributed by atoms with Gasteiger partial charge in [-0.3, -0.25) is 10.1 Å². The van der Waals surface area contributed by atoms with Crippen LogP contribution < -0.4 is 0 Å². The number of unbranched alkanes of at least 4 members (excludes halogenated alkanes) is 2. The van der Waals surface area contributed by atoms with Crippen LogP contribution in [0.25, 0.3) is 0 Å². The number of aliphatic hydroxyl groups excluding tert-OH is 1. The van der Waals surface area contributed by atoms with Gasteiger partial charge in [0.1, 0.15) is 0 Å². The van der Waals surface area contributed by atoms with Crippen molar-refractivity contribution >= 4 is 39.2 Å². The molecule has 0 spiro atoms. The fraction of sp³-hybridized carbons (Fsp3) is 0.435. The van der Waals surface area contributed by atoms with Crippen molar-refractivity contribution < 1.29 is 19.6 Å². The minimum Gasteiger partial charge on any atom is -0.451 e. The predicted molar refractivity (Wildman–Crippen MR) is 126 cm³/mol. The summed E-state index contributed by atoms with van der Waals surface area (Å²) in [7, 11) is 6.24. The third-order valence-electron chi connectivity index (χ3n) is 4.50. The third kappa shape index (κ3) is 11.0. The maximum Gasteiger partial charge on any atom is 0.338 e. The first kappa shape index (κ1) is 27.4. The second kappa shape index (κ2) is 16.1. The van der Waals surface area contributed by atoms with Gasteiger partial charge < -0.3 is 9.84 Å². The van der Waals surface area contributed by atoms with Gasteiger partial charge in [-0.05, 0) is 17.7 Å². The minimum atomic E-state index is -1.27. The summed E-state index contributed by atoms with van der Waals surface area (Å²) in [5, 5.41) is 19.9. The van der Waals surface area contributed by atoms with Crippen LogP contribution in [-0.2, 0) is 4.74 Å². The summed E-state index contributed by atoms with van der Waals surface area (Å²) in [6.45, 7) is 4.14. The second-order valence-electron chi connectivity index (χ2n) is 7.02. The van der Waals surface area contributed by atoms with Crippen LogP contribution in [0.2, 0.25) is 8.87 Å². The molecule has 2 aromatic rings. The molecule has 8 heteroatoms. The molecule has 1 N–H and O–H groups in total. The number of non-ortho nitro benzene ring substituents is 1. The minimum absolute atomic E-state index is 0.103. The van der Waals surface area contributed by atoms with E-state index >= 15 is 0 Å². The molecule has 0 aliphatic rings. The number of nitro benzene ring substituents is 1. The Bertz CT molecular complexity index is 765. The molecule has 0 bridgehead atoms. The maximum absolute atomic E-state index is 12.0. The van der Waals surface area contributed by atoms with Crippen LogP contribution in [0.4, 0.5) is 5.69 Å². The summed E-state index contributed by atoms with van der Waals surface area (Å²) in [6.07, 6.45) is 4.63. The molecule has 31 heavy (non-hydrogen) atoms. The molecule has 2 aromatic carbocycles. The first-order chi connectivity index (χ1) is 14.9. The Hall–Kier alpha value is -1.64. The normalized spacial score (nSPS) is 11.4. The summed E-state index contributed by atoms with van der Waals surface area (Å²) in [4.78, 5) is 22.0. The van der Waals surface area contributed by atoms with Gasteiger partial charge in [-0.1, -0.05) is 30.3 Å². The van der Waals surface area contributed by atoms with Gasteiger partial charge in [0.2, 0.25) is 0 Å². The number of aliphatic hydroxyl groups is 1. The number of hydrogen-bond acceptors (Lipinski definition) is 5. The Kier molecular flexibility index (Phi) is 14.2. The van der Waals surface area contributed by atoms with Crippen molar-refractivity contribution in [2.45, 2.75) is 54.5 Å². The van der Waals surface area contributed by atoms with E-state index in [1.807, 2.05) is 6.07 Å². The molecule has 2 rings (SSSR count). The van der Waals surface area contributed by atoms with Crippen molar-refractivity contribution in [1.29, 1.82) is 0 Å². The van der Waals surface area contributed by atoms with Crippen molar-refractivity contribution in [3.8, 4) is 0 Å². The number of ether oxygens (including phenoxy) is 1. The zero-order valence-electron chi connectivity index (χ0n) is 18.1. The first-order valence-corrected chi connectivity index (χ1v) is 18.2. The molecule has 0 amide bonds. The van der Waals surface area contributed by atoms with E-state index < -0.39 is 35.6 Å². The zero-order valence-corrected chi connectivity index (χ0v) is 21.7. The van der Waals surface area contributed by atoms with Gasteiger partial charge in [0.25, 0.3) is 5.69 Å². The Labute approximate surface area is 195 Å². The number of esters is 1. The van der Waals surface area contributed by atoms with Crippen LogP contribution in [0, 0.1) is 10.1 Å². The third-order valence-corrected chi connectivity index (χ3v) is 12.2. The number of carbonyl (C=O) groups is 1. The van der Waals surface area contributed by atoms with Crippen molar-refractivity contribution in [3.63, 3.8) is 0 Å². The van der Waals surface area contributed by atoms with E-state index in [1.54, 1.807) is 24.3 Å². The number of halogens is 1. The first-order valence-electron chi connectivity index (χ1n) is 10.5. The fourth-order valence-electron chi connectivity index (χ4n) is 2.66. The summed E-state index contributed by atoms with van der Waals surface area (Å²) in [6, 6.07) is 13.9. The molecule has 0 fully saturated rings. The molecule has 169 valence electrons. The van der Waals surface area contributed by atoms with Crippen molar-refractivity contribution in [3.05, 3.63) is 75.8 Å². The van der Waals surface area contributed by atoms with Gasteiger partial charge >= 0.3 is 81.9 Å². The van der Waals surface area contributed by atoms with Gasteiger partial charge in [0.05, 0.1) is 17.1 Å². The van der Waals surface area contributed by atoms with Crippen molar-refractivity contribution in [1.82, 2.24) is 0 Å². The number of nitro groups is 1. The van der Waals surface area contributed by atoms with Crippen LogP contribution in [-0.4, -0.2) is 41.2 Å². The number of nitrogens with zero attached hydrogens (tertiary/aromatic N) is 1. The topological polar surface area (TPSA) is 89.7 Å². The van der Waals surface area contributed by atoms with Crippen LogP contribution in [0.5, 0.6) is 0 Å². The van der Waals surface area contributed by atoms with Gasteiger partial charge in [0.15, 0.2) is 6.10 Å². The molecule has 0 saturated carbocycles. The Morgan fingerprint density at radius 1 is 1.06 bits per heavy atom. The van der Waals surface area contributed by atoms with E-state index in [0.717, 1.165) is 0 Å². The molecule has 1 unspecified atom stereocenters. The predicted octanol–water partition coefficient (Wildman–Crippen LogP) is 6.30. The molecule has 6 nitrogen and oxygen atoms in total. The molecule has 1 radical (unpaired) electrons. The van der Waals surface area contributed by atoms with Gasteiger partial charge in [-0.2, -0.15) is 0 Å². The standard InChI is InChI=1S/C15H13NO5.2C4H9.ClH.Sn/c17-10-14(11-4-2-1-3-5-11)21-15(18)12-6-8-13(9-7-12)16(19)20;2*1-3-4-2;;/h1-9,14,17H,10H2;2*1,3-4H2,2H3;1H;/q;;;;+1/p-1. The molecule has 1 atom stereocenters. The second-order valence-corrected chi connectivity index (χ2v) is 16.4. The van der Waals surface area contributed by atoms with Crippen molar-refractivity contribution in [2.75, 3.05) is 6.61 Å². The van der Waals surface area contributed by atoms with Crippen LogP contribution in [0.1, 0.15) is 61.6 Å². The van der Waals surface area contributed by atoms with E-state index in [-0.39, 0.29) is 17.9 Å². The van der Waals surface area contributed by atoms with E-state index in [0.29, 0.717) is 5.56 Å². The molecule has 0 aliphatic heterocycles. The number of benzene rings is 2.